The Hall–Kier alpha value is -3.27. The monoisotopic (exact) mass is 492 g/mol. The Morgan fingerprint density at radius 3 is 1.94 bits per heavy atom. The Kier molecular flexibility index (Phi) is 14.8. The van der Waals surface area contributed by atoms with Gasteiger partial charge in [-0.3, -0.25) is 4.79 Å². The maximum absolute atomic E-state index is 13.1. The molecule has 0 saturated heterocycles. The Balaban J connectivity index is 0.00000126. The molecule has 0 heterocycles. The summed E-state index contributed by atoms with van der Waals surface area (Å²) in [6, 6.07) is 7.22. The summed E-state index contributed by atoms with van der Waals surface area (Å²) in [5.41, 5.74) is -0.104. The Morgan fingerprint density at radius 2 is 1.49 bits per heavy atom. The number of rotatable bonds is 5. The summed E-state index contributed by atoms with van der Waals surface area (Å²) in [7, 11) is 0. The Morgan fingerprint density at radius 1 is 0.943 bits per heavy atom. The first-order chi connectivity index (χ1) is 16.4. The highest BCUT2D eigenvalue weighted by molar-refractivity contribution is 5.91. The van der Waals surface area contributed by atoms with Crippen LogP contribution >= 0.6 is 0 Å². The highest BCUT2D eigenvalue weighted by atomic mass is 19.4. The molecular formula is C28H35F3O4. The summed E-state index contributed by atoms with van der Waals surface area (Å²) in [5, 5.41) is 9.28. The lowest BCUT2D eigenvalue weighted by atomic mass is 10.0. The summed E-state index contributed by atoms with van der Waals surface area (Å²) in [4.78, 5) is 22.7. The predicted octanol–water partition coefficient (Wildman–Crippen LogP) is 7.48. The van der Waals surface area contributed by atoms with Crippen molar-refractivity contribution in [2.24, 2.45) is 0 Å². The van der Waals surface area contributed by atoms with Crippen LogP contribution in [0.3, 0.4) is 0 Å². The molecule has 0 aromatic heterocycles. The number of alkyl halides is 3. The number of unbranched alkanes of at least 4 members (excludes halogenated alkanes) is 2. The van der Waals surface area contributed by atoms with Crippen molar-refractivity contribution in [2.45, 2.75) is 73.4 Å². The zero-order chi connectivity index (χ0) is 27.0. The molecule has 4 nitrogen and oxygen atoms in total. The van der Waals surface area contributed by atoms with Crippen LogP contribution in [-0.2, 0) is 15.7 Å². The average molecular weight is 493 g/mol. The van der Waals surface area contributed by atoms with Gasteiger partial charge in [-0.15, -0.1) is 0 Å². The second-order valence-electron chi connectivity index (χ2n) is 7.85. The zero-order valence-electron chi connectivity index (χ0n) is 21.3. The number of ketones is 1. The minimum atomic E-state index is -4.65. The van der Waals surface area contributed by atoms with Crippen molar-refractivity contribution in [3.8, 4) is 17.6 Å². The van der Waals surface area contributed by atoms with Gasteiger partial charge in [0.1, 0.15) is 12.4 Å². The molecule has 0 amide bonds. The van der Waals surface area contributed by atoms with Crippen molar-refractivity contribution in [2.75, 3.05) is 6.61 Å². The second kappa shape index (κ2) is 16.4. The number of aryl methyl sites for hydroxylation is 1. The van der Waals surface area contributed by atoms with E-state index >= 15 is 0 Å². The van der Waals surface area contributed by atoms with Crippen LogP contribution in [0.15, 0.2) is 36.4 Å². The van der Waals surface area contributed by atoms with Gasteiger partial charge in [-0.2, -0.15) is 13.2 Å². The fourth-order valence-corrected chi connectivity index (χ4v) is 2.55. The molecule has 0 atom stereocenters. The SMILES string of the molecule is CC(=O)COC(=O)c1ccc(C#Cc2ccc(O)cc2C(F)(F)F)c(C)c1.CCC.CCCCC. The van der Waals surface area contributed by atoms with E-state index in [9.17, 15) is 27.9 Å². The number of hydrogen-bond acceptors (Lipinski definition) is 4. The molecule has 0 aliphatic heterocycles. The van der Waals surface area contributed by atoms with Crippen LogP contribution in [-0.4, -0.2) is 23.5 Å². The smallest absolute Gasteiger partial charge is 0.417 e. The van der Waals surface area contributed by atoms with Gasteiger partial charge in [0.15, 0.2) is 5.78 Å². The molecule has 0 fully saturated rings. The van der Waals surface area contributed by atoms with Gasteiger partial charge >= 0.3 is 12.1 Å². The van der Waals surface area contributed by atoms with Gasteiger partial charge in [-0.1, -0.05) is 65.2 Å². The first-order valence-electron chi connectivity index (χ1n) is 11.6. The highest BCUT2D eigenvalue weighted by Gasteiger charge is 2.33. The van der Waals surface area contributed by atoms with E-state index in [-0.39, 0.29) is 23.5 Å². The van der Waals surface area contributed by atoms with E-state index in [1.165, 1.54) is 50.8 Å². The van der Waals surface area contributed by atoms with Crippen molar-refractivity contribution < 1.29 is 32.6 Å². The van der Waals surface area contributed by atoms with Crippen LogP contribution in [0.4, 0.5) is 13.2 Å². The van der Waals surface area contributed by atoms with Gasteiger partial charge in [0.25, 0.3) is 0 Å². The molecule has 0 bridgehead atoms. The maximum Gasteiger partial charge on any atom is 0.417 e. The Labute approximate surface area is 206 Å². The van der Waals surface area contributed by atoms with Gasteiger partial charge < -0.3 is 9.84 Å². The summed E-state index contributed by atoms with van der Waals surface area (Å²) < 4.78 is 44.0. The first kappa shape index (κ1) is 31.7. The molecule has 2 aromatic carbocycles. The summed E-state index contributed by atoms with van der Waals surface area (Å²) >= 11 is 0. The number of phenolic OH excluding ortho intramolecular Hbond substituents is 1. The molecule has 0 unspecified atom stereocenters. The molecule has 192 valence electrons. The normalized spacial score (nSPS) is 9.97. The van der Waals surface area contributed by atoms with Crippen LogP contribution in [0.1, 0.15) is 92.9 Å². The van der Waals surface area contributed by atoms with E-state index in [2.05, 4.69) is 39.5 Å². The lowest BCUT2D eigenvalue weighted by Gasteiger charge is -2.09. The van der Waals surface area contributed by atoms with E-state index in [1.54, 1.807) is 6.92 Å². The van der Waals surface area contributed by atoms with Gasteiger partial charge in [0, 0.05) is 11.1 Å². The average Bonchev–Trinajstić information content (AvgIpc) is 2.78. The molecule has 2 aromatic rings. The van der Waals surface area contributed by atoms with Crippen LogP contribution in [0, 0.1) is 18.8 Å². The highest BCUT2D eigenvalue weighted by Crippen LogP contribution is 2.33. The van der Waals surface area contributed by atoms with E-state index in [0.29, 0.717) is 17.2 Å². The van der Waals surface area contributed by atoms with Crippen molar-refractivity contribution in [1.29, 1.82) is 0 Å². The van der Waals surface area contributed by atoms with Crippen molar-refractivity contribution in [3.05, 3.63) is 64.2 Å². The fourth-order valence-electron chi connectivity index (χ4n) is 2.55. The largest absolute Gasteiger partial charge is 0.508 e. The number of Topliss-reactive ketones (excluding diaryl/α,β-unsaturated/α-hetero) is 1. The van der Waals surface area contributed by atoms with E-state index < -0.39 is 23.5 Å². The molecule has 35 heavy (non-hydrogen) atoms. The number of carbonyl (C=O) groups is 2. The molecular weight excluding hydrogens is 457 g/mol. The second-order valence-corrected chi connectivity index (χ2v) is 7.85. The third kappa shape index (κ3) is 12.7. The number of carbonyl (C=O) groups excluding carboxylic acids is 2. The third-order valence-corrected chi connectivity index (χ3v) is 4.22. The lowest BCUT2D eigenvalue weighted by molar-refractivity contribution is -0.137. The number of esters is 1. The van der Waals surface area contributed by atoms with Gasteiger partial charge in [-0.25, -0.2) is 4.79 Å². The minimum absolute atomic E-state index is 0.208. The first-order valence-corrected chi connectivity index (χ1v) is 11.6. The van der Waals surface area contributed by atoms with Crippen LogP contribution in [0.25, 0.3) is 0 Å². The van der Waals surface area contributed by atoms with E-state index in [0.717, 1.165) is 12.1 Å². The zero-order valence-corrected chi connectivity index (χ0v) is 21.3. The molecule has 1 N–H and O–H groups in total. The van der Waals surface area contributed by atoms with Crippen molar-refractivity contribution in [1.82, 2.24) is 0 Å². The summed E-state index contributed by atoms with van der Waals surface area (Å²) in [6.45, 7) is 11.3. The van der Waals surface area contributed by atoms with Crippen LogP contribution < -0.4 is 0 Å². The number of aromatic hydroxyl groups is 1. The Bertz CT molecular complexity index is 1010. The number of hydrogen-bond donors (Lipinski definition) is 1. The molecule has 0 radical (unpaired) electrons. The molecule has 7 heteroatoms. The standard InChI is InChI=1S/C20H15F3O4.C5H12.C3H8/c1-12-9-16(19(26)27-11-13(2)24)6-4-14(12)3-5-15-7-8-17(25)10-18(15)20(21,22)23;1-3-5-4-2;1-3-2/h4,6-10,25H,11H2,1-2H3;3-5H2,1-2H3;3H2,1-2H3. The predicted molar refractivity (Wildman–Crippen MR) is 132 cm³/mol. The number of phenols is 1. The van der Waals surface area contributed by atoms with E-state index in [4.69, 9.17) is 4.74 Å². The molecule has 0 aliphatic rings. The molecule has 0 saturated carbocycles. The third-order valence-electron chi connectivity index (χ3n) is 4.22. The fraction of sp³-hybridized carbons (Fsp3) is 0.429. The molecule has 0 aliphatic carbocycles. The minimum Gasteiger partial charge on any atom is -0.508 e. The quantitative estimate of drug-likeness (QED) is 0.347. The summed E-state index contributed by atoms with van der Waals surface area (Å²) in [5.74, 6) is 3.62. The number of ether oxygens (including phenoxy) is 1. The lowest BCUT2D eigenvalue weighted by Crippen LogP contribution is -2.11. The maximum atomic E-state index is 13.1. The van der Waals surface area contributed by atoms with Crippen LogP contribution in [0.2, 0.25) is 0 Å². The van der Waals surface area contributed by atoms with Crippen LogP contribution in [0.5, 0.6) is 5.75 Å². The van der Waals surface area contributed by atoms with Gasteiger partial charge in [0.2, 0.25) is 0 Å². The summed E-state index contributed by atoms with van der Waals surface area (Å²) in [6.07, 6.45) is 0.676. The number of halogens is 3. The molecule has 2 rings (SSSR count). The van der Waals surface area contributed by atoms with Gasteiger partial charge in [-0.05, 0) is 55.8 Å². The number of benzene rings is 2. The van der Waals surface area contributed by atoms with Gasteiger partial charge in [0.05, 0.1) is 11.1 Å². The van der Waals surface area contributed by atoms with E-state index in [1.807, 2.05) is 0 Å². The van der Waals surface area contributed by atoms with Crippen molar-refractivity contribution in [3.63, 3.8) is 0 Å². The topological polar surface area (TPSA) is 63.6 Å². The van der Waals surface area contributed by atoms with Crippen molar-refractivity contribution >= 4 is 11.8 Å². The molecule has 0 spiro atoms.